The molecule has 0 atom stereocenters. The molecule has 0 aliphatic rings. The van der Waals surface area contributed by atoms with Gasteiger partial charge < -0.3 is 4.74 Å². The number of hydrogen-bond donors (Lipinski definition) is 0. The van der Waals surface area contributed by atoms with Crippen molar-refractivity contribution in [1.82, 2.24) is 4.98 Å². The number of benzene rings is 1. The number of pyridine rings is 1. The molecule has 0 aliphatic carbocycles. The van der Waals surface area contributed by atoms with Crippen molar-refractivity contribution >= 4 is 17.9 Å². The van der Waals surface area contributed by atoms with Gasteiger partial charge in [-0.2, -0.15) is 0 Å². The number of nitrogens with zero attached hydrogens (tertiary/aromatic N) is 1. The number of hydrogen-bond acceptors (Lipinski definition) is 3. The van der Waals surface area contributed by atoms with Crippen LogP contribution in [0.1, 0.15) is 10.4 Å². The third kappa shape index (κ3) is 3.48. The first kappa shape index (κ1) is 14.3. The van der Waals surface area contributed by atoms with Gasteiger partial charge in [-0.15, -0.1) is 13.2 Å². The van der Waals surface area contributed by atoms with Crippen LogP contribution in [0.4, 0.5) is 13.2 Å². The van der Waals surface area contributed by atoms with Crippen LogP contribution in [0.2, 0.25) is 5.02 Å². The fourth-order valence-electron chi connectivity index (χ4n) is 1.53. The zero-order chi connectivity index (χ0) is 14.8. The molecule has 3 nitrogen and oxygen atoms in total. The molecule has 0 bridgehead atoms. The van der Waals surface area contributed by atoms with Gasteiger partial charge in [-0.3, -0.25) is 9.78 Å². The number of carbonyl (C=O) groups excluding carboxylic acids is 1. The molecular weight excluding hydrogens is 295 g/mol. The Bertz CT molecular complexity index is 627. The highest BCUT2D eigenvalue weighted by atomic mass is 35.5. The summed E-state index contributed by atoms with van der Waals surface area (Å²) in [5, 5.41) is 0.209. The SMILES string of the molecule is O=Cc1cc(-c2ccc(OC(F)(F)F)cc2)ncc1Cl. The quantitative estimate of drug-likeness (QED) is 0.801. The molecule has 20 heavy (non-hydrogen) atoms. The van der Waals surface area contributed by atoms with Crippen LogP contribution in [0.5, 0.6) is 5.75 Å². The molecule has 0 spiro atoms. The van der Waals surface area contributed by atoms with Crippen molar-refractivity contribution in [3.8, 4) is 17.0 Å². The lowest BCUT2D eigenvalue weighted by atomic mass is 10.1. The standard InChI is InChI=1S/C13H7ClF3NO2/c14-11-6-18-12(5-9(11)7-19)8-1-3-10(4-2-8)20-13(15,16)17/h1-7H. The first-order chi connectivity index (χ1) is 9.39. The summed E-state index contributed by atoms with van der Waals surface area (Å²) in [5.41, 5.74) is 1.22. The Hall–Kier alpha value is -2.08. The van der Waals surface area contributed by atoms with Crippen molar-refractivity contribution in [3.63, 3.8) is 0 Å². The fourth-order valence-corrected chi connectivity index (χ4v) is 1.68. The topological polar surface area (TPSA) is 39.2 Å². The summed E-state index contributed by atoms with van der Waals surface area (Å²) in [4.78, 5) is 14.8. The van der Waals surface area contributed by atoms with Crippen LogP contribution in [0.15, 0.2) is 36.5 Å². The third-order valence-electron chi connectivity index (χ3n) is 2.40. The number of carbonyl (C=O) groups is 1. The maximum absolute atomic E-state index is 12.0. The Morgan fingerprint density at radius 2 is 1.85 bits per heavy atom. The van der Waals surface area contributed by atoms with Crippen LogP contribution in [0, 0.1) is 0 Å². The molecule has 0 aliphatic heterocycles. The minimum absolute atomic E-state index is 0.209. The summed E-state index contributed by atoms with van der Waals surface area (Å²) in [6.45, 7) is 0. The third-order valence-corrected chi connectivity index (χ3v) is 2.71. The van der Waals surface area contributed by atoms with Gasteiger partial charge in [0, 0.05) is 17.3 Å². The zero-order valence-electron chi connectivity index (χ0n) is 9.82. The van der Waals surface area contributed by atoms with E-state index < -0.39 is 6.36 Å². The molecule has 0 N–H and O–H groups in total. The number of rotatable bonds is 3. The van der Waals surface area contributed by atoms with Crippen LogP contribution in [-0.2, 0) is 0 Å². The molecule has 2 rings (SSSR count). The van der Waals surface area contributed by atoms with Gasteiger partial charge in [0.25, 0.3) is 0 Å². The van der Waals surface area contributed by atoms with E-state index >= 15 is 0 Å². The molecule has 0 saturated carbocycles. The van der Waals surface area contributed by atoms with Crippen LogP contribution in [-0.4, -0.2) is 17.6 Å². The molecule has 1 aromatic carbocycles. The average molecular weight is 302 g/mol. The number of ether oxygens (including phenoxy) is 1. The van der Waals surface area contributed by atoms with Gasteiger partial charge in [-0.25, -0.2) is 0 Å². The van der Waals surface area contributed by atoms with Gasteiger partial charge in [-0.1, -0.05) is 11.6 Å². The molecule has 1 aromatic heterocycles. The predicted molar refractivity (Wildman–Crippen MR) is 66.8 cm³/mol. The highest BCUT2D eigenvalue weighted by Crippen LogP contribution is 2.26. The number of halogens is 4. The zero-order valence-corrected chi connectivity index (χ0v) is 10.6. The maximum Gasteiger partial charge on any atom is 0.573 e. The molecule has 104 valence electrons. The van der Waals surface area contributed by atoms with Crippen molar-refractivity contribution in [2.45, 2.75) is 6.36 Å². The lowest BCUT2D eigenvalue weighted by Crippen LogP contribution is -2.16. The Morgan fingerprint density at radius 3 is 2.40 bits per heavy atom. The number of alkyl halides is 3. The van der Waals surface area contributed by atoms with Gasteiger partial charge in [0.15, 0.2) is 6.29 Å². The van der Waals surface area contributed by atoms with Crippen LogP contribution in [0.3, 0.4) is 0 Å². The van der Waals surface area contributed by atoms with E-state index in [1.54, 1.807) is 0 Å². The Kier molecular flexibility index (Phi) is 3.94. The monoisotopic (exact) mass is 301 g/mol. The second-order valence-electron chi connectivity index (χ2n) is 3.78. The van der Waals surface area contributed by atoms with E-state index in [-0.39, 0.29) is 16.3 Å². The van der Waals surface area contributed by atoms with E-state index in [1.165, 1.54) is 36.5 Å². The van der Waals surface area contributed by atoms with Crippen molar-refractivity contribution in [3.05, 3.63) is 47.1 Å². The normalized spacial score (nSPS) is 11.2. The number of aromatic nitrogens is 1. The highest BCUT2D eigenvalue weighted by molar-refractivity contribution is 6.32. The molecule has 7 heteroatoms. The minimum atomic E-state index is -4.73. The molecule has 1 heterocycles. The molecule has 0 radical (unpaired) electrons. The molecule has 0 fully saturated rings. The molecular formula is C13H7ClF3NO2. The average Bonchev–Trinajstić information content (AvgIpc) is 2.38. The first-order valence-electron chi connectivity index (χ1n) is 5.36. The Balaban J connectivity index is 2.28. The summed E-state index contributed by atoms with van der Waals surface area (Å²) < 4.78 is 39.8. The van der Waals surface area contributed by atoms with E-state index in [9.17, 15) is 18.0 Å². The van der Waals surface area contributed by atoms with E-state index in [0.29, 0.717) is 17.5 Å². The predicted octanol–water partition coefficient (Wildman–Crippen LogP) is 4.11. The first-order valence-corrected chi connectivity index (χ1v) is 5.74. The van der Waals surface area contributed by atoms with Crippen LogP contribution < -0.4 is 4.74 Å². The summed E-state index contributed by atoms with van der Waals surface area (Å²) in [6.07, 6.45) is -2.85. The maximum atomic E-state index is 12.0. The number of aldehydes is 1. The molecule has 0 amide bonds. The Morgan fingerprint density at radius 1 is 1.20 bits per heavy atom. The second kappa shape index (κ2) is 5.50. The summed E-state index contributed by atoms with van der Waals surface area (Å²) >= 11 is 5.74. The van der Waals surface area contributed by atoms with Gasteiger partial charge in [0.1, 0.15) is 5.75 Å². The second-order valence-corrected chi connectivity index (χ2v) is 4.19. The van der Waals surface area contributed by atoms with Gasteiger partial charge in [-0.05, 0) is 30.3 Å². The van der Waals surface area contributed by atoms with Gasteiger partial charge >= 0.3 is 6.36 Å². The summed E-state index contributed by atoms with van der Waals surface area (Å²) in [6, 6.07) is 6.60. The van der Waals surface area contributed by atoms with E-state index in [1.807, 2.05) is 0 Å². The molecule has 0 saturated heterocycles. The van der Waals surface area contributed by atoms with Crippen LogP contribution >= 0.6 is 11.6 Å². The molecule has 0 unspecified atom stereocenters. The van der Waals surface area contributed by atoms with Crippen LogP contribution in [0.25, 0.3) is 11.3 Å². The summed E-state index contributed by atoms with van der Waals surface area (Å²) in [7, 11) is 0. The lowest BCUT2D eigenvalue weighted by Gasteiger charge is -2.09. The van der Waals surface area contributed by atoms with Gasteiger partial charge in [0.2, 0.25) is 0 Å². The lowest BCUT2D eigenvalue weighted by molar-refractivity contribution is -0.274. The summed E-state index contributed by atoms with van der Waals surface area (Å²) in [5.74, 6) is -0.328. The fraction of sp³-hybridized carbons (Fsp3) is 0.0769. The van der Waals surface area contributed by atoms with E-state index in [4.69, 9.17) is 11.6 Å². The van der Waals surface area contributed by atoms with Crippen molar-refractivity contribution in [1.29, 1.82) is 0 Å². The molecule has 2 aromatic rings. The Labute approximate surface area is 117 Å². The van der Waals surface area contributed by atoms with E-state index in [2.05, 4.69) is 9.72 Å². The van der Waals surface area contributed by atoms with Crippen molar-refractivity contribution in [2.75, 3.05) is 0 Å². The van der Waals surface area contributed by atoms with Gasteiger partial charge in [0.05, 0.1) is 10.7 Å². The smallest absolute Gasteiger partial charge is 0.406 e. The van der Waals surface area contributed by atoms with E-state index in [0.717, 1.165) is 0 Å². The largest absolute Gasteiger partial charge is 0.573 e. The van der Waals surface area contributed by atoms with Crippen molar-refractivity contribution < 1.29 is 22.7 Å². The minimum Gasteiger partial charge on any atom is -0.406 e. The highest BCUT2D eigenvalue weighted by Gasteiger charge is 2.30. The van der Waals surface area contributed by atoms with Crippen molar-refractivity contribution in [2.24, 2.45) is 0 Å².